The highest BCUT2D eigenvalue weighted by atomic mass is 16.6. The first-order valence-electron chi connectivity index (χ1n) is 8.31. The molecule has 110 valence electrons. The normalized spacial score (nSPS) is 21.9. The van der Waals surface area contributed by atoms with E-state index < -0.39 is 0 Å². The maximum atomic E-state index is 5.65. The Balaban J connectivity index is 1.77. The van der Waals surface area contributed by atoms with Gasteiger partial charge in [-0.2, -0.15) is 0 Å². The van der Waals surface area contributed by atoms with E-state index in [-0.39, 0.29) is 0 Å². The predicted octanol–water partition coefficient (Wildman–Crippen LogP) is 5.81. The SMILES string of the molecule is C=C/C=C/CC1OC1CCCCCCCCCCC. The number of epoxide rings is 1. The van der Waals surface area contributed by atoms with E-state index in [1.165, 1.54) is 64.2 Å². The molecule has 0 amide bonds. The van der Waals surface area contributed by atoms with Crippen LogP contribution in [0.2, 0.25) is 0 Å². The molecule has 1 aliphatic heterocycles. The van der Waals surface area contributed by atoms with Crippen LogP contribution in [0.5, 0.6) is 0 Å². The Labute approximate surface area is 120 Å². The van der Waals surface area contributed by atoms with Crippen molar-refractivity contribution in [1.82, 2.24) is 0 Å². The van der Waals surface area contributed by atoms with E-state index in [0.29, 0.717) is 12.2 Å². The van der Waals surface area contributed by atoms with Crippen molar-refractivity contribution in [3.05, 3.63) is 24.8 Å². The summed E-state index contributed by atoms with van der Waals surface area (Å²) in [4.78, 5) is 0. The molecule has 2 atom stereocenters. The first kappa shape index (κ1) is 16.5. The third-order valence-electron chi connectivity index (χ3n) is 3.92. The second-order valence-corrected chi connectivity index (χ2v) is 5.73. The number of hydrogen-bond donors (Lipinski definition) is 0. The molecule has 0 aromatic rings. The number of ether oxygens (including phenoxy) is 1. The van der Waals surface area contributed by atoms with Crippen molar-refractivity contribution < 1.29 is 4.74 Å². The molecule has 1 heteroatoms. The fourth-order valence-electron chi connectivity index (χ4n) is 2.61. The van der Waals surface area contributed by atoms with Gasteiger partial charge in [-0.05, 0) is 12.8 Å². The maximum absolute atomic E-state index is 5.65. The van der Waals surface area contributed by atoms with Crippen LogP contribution in [0.15, 0.2) is 24.8 Å². The van der Waals surface area contributed by atoms with Gasteiger partial charge >= 0.3 is 0 Å². The van der Waals surface area contributed by atoms with Crippen molar-refractivity contribution in [3.8, 4) is 0 Å². The smallest absolute Gasteiger partial charge is 0.0876 e. The summed E-state index contributed by atoms with van der Waals surface area (Å²) < 4.78 is 5.65. The van der Waals surface area contributed by atoms with Gasteiger partial charge in [0.2, 0.25) is 0 Å². The van der Waals surface area contributed by atoms with Gasteiger partial charge in [-0.3, -0.25) is 0 Å². The average Bonchev–Trinajstić information content (AvgIpc) is 3.16. The highest BCUT2D eigenvalue weighted by Crippen LogP contribution is 2.30. The summed E-state index contributed by atoms with van der Waals surface area (Å²) in [5.41, 5.74) is 0. The number of unbranched alkanes of at least 4 members (excludes halogenated alkanes) is 8. The largest absolute Gasteiger partial charge is 0.369 e. The summed E-state index contributed by atoms with van der Waals surface area (Å²) >= 11 is 0. The standard InChI is InChI=1S/C18H32O/c1-3-5-7-8-9-10-11-12-14-16-18-17(19-18)15-13-6-4-2/h4,6,13,17-18H,2-3,5,7-12,14-16H2,1H3/b13-6+. The Morgan fingerprint density at radius 2 is 1.53 bits per heavy atom. The lowest BCUT2D eigenvalue weighted by atomic mass is 10.0. The molecule has 0 spiro atoms. The summed E-state index contributed by atoms with van der Waals surface area (Å²) in [7, 11) is 0. The second-order valence-electron chi connectivity index (χ2n) is 5.73. The van der Waals surface area contributed by atoms with Gasteiger partial charge in [-0.1, -0.05) is 89.5 Å². The topological polar surface area (TPSA) is 12.5 Å². The predicted molar refractivity (Wildman–Crippen MR) is 84.5 cm³/mol. The quantitative estimate of drug-likeness (QED) is 0.232. The third-order valence-corrected chi connectivity index (χ3v) is 3.92. The van der Waals surface area contributed by atoms with Gasteiger partial charge in [0, 0.05) is 0 Å². The van der Waals surface area contributed by atoms with Crippen LogP contribution in [0.1, 0.15) is 77.6 Å². The molecule has 1 saturated heterocycles. The molecule has 1 aliphatic rings. The molecule has 1 nitrogen and oxygen atoms in total. The molecule has 1 fully saturated rings. The lowest BCUT2D eigenvalue weighted by Gasteiger charge is -2.01. The molecule has 1 rings (SSSR count). The van der Waals surface area contributed by atoms with Gasteiger partial charge in [-0.15, -0.1) is 0 Å². The average molecular weight is 264 g/mol. The van der Waals surface area contributed by atoms with E-state index in [4.69, 9.17) is 4.74 Å². The van der Waals surface area contributed by atoms with E-state index in [2.05, 4.69) is 19.6 Å². The monoisotopic (exact) mass is 264 g/mol. The van der Waals surface area contributed by atoms with Gasteiger partial charge in [-0.25, -0.2) is 0 Å². The molecule has 0 bridgehead atoms. The summed E-state index contributed by atoms with van der Waals surface area (Å²) in [6.07, 6.45) is 22.1. The van der Waals surface area contributed by atoms with Gasteiger partial charge < -0.3 is 4.74 Å². The molecule has 1 heterocycles. The van der Waals surface area contributed by atoms with Gasteiger partial charge in [0.05, 0.1) is 12.2 Å². The Morgan fingerprint density at radius 1 is 0.895 bits per heavy atom. The second kappa shape index (κ2) is 11.3. The first-order chi connectivity index (χ1) is 9.38. The van der Waals surface area contributed by atoms with Crippen LogP contribution in [0.4, 0.5) is 0 Å². The molecule has 0 aliphatic carbocycles. The Hall–Kier alpha value is -0.560. The van der Waals surface area contributed by atoms with Crippen molar-refractivity contribution in [2.75, 3.05) is 0 Å². The minimum atomic E-state index is 0.505. The van der Waals surface area contributed by atoms with Crippen molar-refractivity contribution in [2.24, 2.45) is 0 Å². The van der Waals surface area contributed by atoms with Crippen LogP contribution in [0.25, 0.3) is 0 Å². The van der Waals surface area contributed by atoms with Crippen LogP contribution >= 0.6 is 0 Å². The highest BCUT2D eigenvalue weighted by Gasteiger charge is 2.36. The van der Waals surface area contributed by atoms with E-state index in [1.54, 1.807) is 0 Å². The van der Waals surface area contributed by atoms with Crippen LogP contribution in [0.3, 0.4) is 0 Å². The minimum Gasteiger partial charge on any atom is -0.369 e. The summed E-state index contributed by atoms with van der Waals surface area (Å²) in [6.45, 7) is 5.95. The Morgan fingerprint density at radius 3 is 2.16 bits per heavy atom. The van der Waals surface area contributed by atoms with Crippen LogP contribution in [0, 0.1) is 0 Å². The lowest BCUT2D eigenvalue weighted by Crippen LogP contribution is -1.92. The third kappa shape index (κ3) is 9.04. The number of hydrogen-bond acceptors (Lipinski definition) is 1. The molecular formula is C18H32O. The molecule has 0 N–H and O–H groups in total. The highest BCUT2D eigenvalue weighted by molar-refractivity contribution is 5.01. The minimum absolute atomic E-state index is 0.505. The zero-order valence-corrected chi connectivity index (χ0v) is 12.8. The Kier molecular flexibility index (Phi) is 9.79. The van der Waals surface area contributed by atoms with E-state index >= 15 is 0 Å². The van der Waals surface area contributed by atoms with Gasteiger partial charge in [0.25, 0.3) is 0 Å². The van der Waals surface area contributed by atoms with Crippen molar-refractivity contribution in [3.63, 3.8) is 0 Å². The summed E-state index contributed by atoms with van der Waals surface area (Å²) in [5.74, 6) is 0. The van der Waals surface area contributed by atoms with E-state index in [1.807, 2.05) is 12.2 Å². The molecular weight excluding hydrogens is 232 g/mol. The molecule has 19 heavy (non-hydrogen) atoms. The van der Waals surface area contributed by atoms with Gasteiger partial charge in [0.15, 0.2) is 0 Å². The fourth-order valence-corrected chi connectivity index (χ4v) is 2.61. The van der Waals surface area contributed by atoms with Crippen LogP contribution in [-0.4, -0.2) is 12.2 Å². The Bertz CT molecular complexity index is 244. The summed E-state index contributed by atoms with van der Waals surface area (Å²) in [5, 5.41) is 0. The van der Waals surface area contributed by atoms with Crippen molar-refractivity contribution in [1.29, 1.82) is 0 Å². The van der Waals surface area contributed by atoms with Gasteiger partial charge in [0.1, 0.15) is 0 Å². The first-order valence-corrected chi connectivity index (χ1v) is 8.31. The maximum Gasteiger partial charge on any atom is 0.0876 e. The van der Waals surface area contributed by atoms with Crippen molar-refractivity contribution in [2.45, 2.75) is 89.8 Å². The van der Waals surface area contributed by atoms with Crippen LogP contribution in [-0.2, 0) is 4.74 Å². The summed E-state index contributed by atoms with van der Waals surface area (Å²) in [6, 6.07) is 0. The molecule has 0 radical (unpaired) electrons. The number of rotatable bonds is 13. The van der Waals surface area contributed by atoms with E-state index in [9.17, 15) is 0 Å². The molecule has 2 unspecified atom stereocenters. The van der Waals surface area contributed by atoms with E-state index in [0.717, 1.165) is 6.42 Å². The molecule has 0 aromatic carbocycles. The molecule has 0 aromatic heterocycles. The van der Waals surface area contributed by atoms with Crippen molar-refractivity contribution >= 4 is 0 Å². The zero-order valence-electron chi connectivity index (χ0n) is 12.8. The molecule has 0 saturated carbocycles. The number of allylic oxidation sites excluding steroid dienone is 2. The zero-order chi connectivity index (χ0) is 13.8. The fraction of sp³-hybridized carbons (Fsp3) is 0.778. The lowest BCUT2D eigenvalue weighted by molar-refractivity contribution is 0.358. The van der Waals surface area contributed by atoms with Crippen LogP contribution < -0.4 is 0 Å².